The van der Waals surface area contributed by atoms with Gasteiger partial charge in [-0.05, 0) is 24.7 Å². The largest absolute Gasteiger partial charge is 0.300 e. The van der Waals surface area contributed by atoms with Crippen LogP contribution in [0.4, 0.5) is 0 Å². The van der Waals surface area contributed by atoms with Crippen molar-refractivity contribution in [2.24, 2.45) is 11.8 Å². The topological polar surface area (TPSA) is 17.1 Å². The summed E-state index contributed by atoms with van der Waals surface area (Å²) in [6.45, 7) is 9.40. The van der Waals surface area contributed by atoms with Gasteiger partial charge in [-0.25, -0.2) is 0 Å². The molecule has 0 aromatic rings. The number of hydrogen-bond acceptors (Lipinski definition) is 1. The zero-order chi connectivity index (χ0) is 32.9. The maximum Gasteiger partial charge on any atom is 0.132 e. The van der Waals surface area contributed by atoms with E-state index < -0.39 is 0 Å². The van der Waals surface area contributed by atoms with Crippen molar-refractivity contribution >= 4 is 5.78 Å². The molecule has 0 saturated heterocycles. The molecule has 0 rings (SSSR count). The van der Waals surface area contributed by atoms with Crippen LogP contribution in [-0.2, 0) is 4.79 Å². The summed E-state index contributed by atoms with van der Waals surface area (Å²) >= 11 is 0. The molecule has 1 atom stereocenters. The van der Waals surface area contributed by atoms with E-state index in [1.54, 1.807) is 0 Å². The van der Waals surface area contributed by atoms with Crippen LogP contribution in [-0.4, -0.2) is 5.78 Å². The third kappa shape index (κ3) is 36.4. The Morgan fingerprint density at radius 2 is 0.578 bits per heavy atom. The van der Waals surface area contributed by atoms with Crippen molar-refractivity contribution in [3.63, 3.8) is 0 Å². The molecule has 1 heteroatoms. The van der Waals surface area contributed by atoms with Gasteiger partial charge < -0.3 is 0 Å². The van der Waals surface area contributed by atoms with E-state index in [1.807, 2.05) is 0 Å². The standard InChI is InChI=1S/C44H88O/c1-5-8-11-14-21-28-35-42(4)36-29-22-17-19-26-33-40-44(45)41-34-27-20-18-25-32-39-43(37-30-23-15-12-9-6-2)38-31-24-16-13-10-7-3/h42-43H,5-41H2,1-4H3. The van der Waals surface area contributed by atoms with Gasteiger partial charge in [-0.3, -0.25) is 4.79 Å². The summed E-state index contributed by atoms with van der Waals surface area (Å²) in [5, 5.41) is 0. The fourth-order valence-electron chi connectivity index (χ4n) is 7.39. The monoisotopic (exact) mass is 633 g/mol. The van der Waals surface area contributed by atoms with Crippen molar-refractivity contribution in [2.75, 3.05) is 0 Å². The Morgan fingerprint density at radius 3 is 0.889 bits per heavy atom. The Balaban J connectivity index is 3.66. The molecule has 45 heavy (non-hydrogen) atoms. The van der Waals surface area contributed by atoms with Gasteiger partial charge in [-0.2, -0.15) is 0 Å². The maximum absolute atomic E-state index is 12.3. The predicted octanol–water partition coefficient (Wildman–Crippen LogP) is 16.3. The molecule has 0 spiro atoms. The Kier molecular flexibility index (Phi) is 37.8. The minimum absolute atomic E-state index is 0.533. The van der Waals surface area contributed by atoms with Gasteiger partial charge in [-0.15, -0.1) is 0 Å². The van der Waals surface area contributed by atoms with Crippen LogP contribution in [0.2, 0.25) is 0 Å². The Bertz CT molecular complexity index is 537. The average Bonchev–Trinajstić information content (AvgIpc) is 3.04. The van der Waals surface area contributed by atoms with E-state index in [1.165, 1.54) is 212 Å². The van der Waals surface area contributed by atoms with E-state index in [2.05, 4.69) is 27.7 Å². The number of ketones is 1. The van der Waals surface area contributed by atoms with E-state index in [0.29, 0.717) is 5.78 Å². The van der Waals surface area contributed by atoms with Crippen LogP contribution in [0.15, 0.2) is 0 Å². The van der Waals surface area contributed by atoms with Crippen LogP contribution in [0.3, 0.4) is 0 Å². The molecule has 0 saturated carbocycles. The van der Waals surface area contributed by atoms with E-state index in [0.717, 1.165) is 37.5 Å². The molecule has 1 unspecified atom stereocenters. The molecule has 1 nitrogen and oxygen atoms in total. The maximum atomic E-state index is 12.3. The van der Waals surface area contributed by atoms with Gasteiger partial charge in [0.2, 0.25) is 0 Å². The number of carbonyl (C=O) groups excluding carboxylic acids is 1. The highest BCUT2D eigenvalue weighted by molar-refractivity contribution is 5.78. The van der Waals surface area contributed by atoms with Crippen molar-refractivity contribution < 1.29 is 4.79 Å². The lowest BCUT2D eigenvalue weighted by molar-refractivity contribution is -0.119. The molecule has 0 radical (unpaired) electrons. The highest BCUT2D eigenvalue weighted by Gasteiger charge is 2.09. The lowest BCUT2D eigenvalue weighted by Gasteiger charge is -2.17. The van der Waals surface area contributed by atoms with Crippen molar-refractivity contribution in [2.45, 2.75) is 265 Å². The van der Waals surface area contributed by atoms with E-state index >= 15 is 0 Å². The SMILES string of the molecule is CCCCCCCCC(C)CCCCCCCCC(=O)CCCCCCCCC(CCCCCCCC)CCCCCCCC. The number of hydrogen-bond donors (Lipinski definition) is 0. The molecular formula is C44H88O. The summed E-state index contributed by atoms with van der Waals surface area (Å²) in [6, 6.07) is 0. The first-order valence-corrected chi connectivity index (χ1v) is 21.7. The number of Topliss-reactive ketones (excluding diaryl/α,β-unsaturated/α-hetero) is 1. The number of rotatable bonds is 39. The first-order chi connectivity index (χ1) is 22.1. The van der Waals surface area contributed by atoms with Crippen molar-refractivity contribution in [1.29, 1.82) is 0 Å². The van der Waals surface area contributed by atoms with E-state index in [9.17, 15) is 4.79 Å². The van der Waals surface area contributed by atoms with E-state index in [4.69, 9.17) is 0 Å². The molecule has 0 aromatic heterocycles. The van der Waals surface area contributed by atoms with Crippen LogP contribution < -0.4 is 0 Å². The summed E-state index contributed by atoms with van der Waals surface area (Å²) in [7, 11) is 0. The summed E-state index contributed by atoms with van der Waals surface area (Å²) in [5.41, 5.74) is 0. The fourth-order valence-corrected chi connectivity index (χ4v) is 7.39. The van der Waals surface area contributed by atoms with Gasteiger partial charge in [-0.1, -0.05) is 240 Å². The second-order valence-corrected chi connectivity index (χ2v) is 15.5. The molecule has 0 amide bonds. The zero-order valence-electron chi connectivity index (χ0n) is 32.2. The van der Waals surface area contributed by atoms with Crippen molar-refractivity contribution in [3.8, 4) is 0 Å². The van der Waals surface area contributed by atoms with Gasteiger partial charge in [0.1, 0.15) is 5.78 Å². The Morgan fingerprint density at radius 1 is 0.333 bits per heavy atom. The Hall–Kier alpha value is -0.330. The molecule has 0 aliphatic carbocycles. The summed E-state index contributed by atoms with van der Waals surface area (Å²) in [5.74, 6) is 2.44. The van der Waals surface area contributed by atoms with Gasteiger partial charge in [0.05, 0.1) is 0 Å². The third-order valence-corrected chi connectivity index (χ3v) is 10.7. The smallest absolute Gasteiger partial charge is 0.132 e. The second-order valence-electron chi connectivity index (χ2n) is 15.5. The first-order valence-electron chi connectivity index (χ1n) is 21.7. The zero-order valence-corrected chi connectivity index (χ0v) is 32.2. The van der Waals surface area contributed by atoms with Gasteiger partial charge in [0.25, 0.3) is 0 Å². The molecule has 0 aromatic carbocycles. The minimum atomic E-state index is 0.533. The second kappa shape index (κ2) is 38.1. The van der Waals surface area contributed by atoms with Crippen LogP contribution in [0.5, 0.6) is 0 Å². The average molecular weight is 633 g/mol. The molecule has 270 valence electrons. The third-order valence-electron chi connectivity index (χ3n) is 10.7. The minimum Gasteiger partial charge on any atom is -0.300 e. The number of carbonyl (C=O) groups is 1. The molecule has 0 aliphatic heterocycles. The lowest BCUT2D eigenvalue weighted by Crippen LogP contribution is -2.02. The van der Waals surface area contributed by atoms with Gasteiger partial charge >= 0.3 is 0 Å². The molecule has 0 bridgehead atoms. The predicted molar refractivity (Wildman–Crippen MR) is 206 cm³/mol. The summed E-state index contributed by atoms with van der Waals surface area (Å²) in [6.07, 6.45) is 50.7. The van der Waals surface area contributed by atoms with Crippen LogP contribution in [0.25, 0.3) is 0 Å². The van der Waals surface area contributed by atoms with Gasteiger partial charge in [0, 0.05) is 12.8 Å². The normalized spacial score (nSPS) is 12.4. The van der Waals surface area contributed by atoms with Gasteiger partial charge in [0.15, 0.2) is 0 Å². The van der Waals surface area contributed by atoms with Crippen LogP contribution >= 0.6 is 0 Å². The lowest BCUT2D eigenvalue weighted by atomic mass is 9.89. The molecule has 0 N–H and O–H groups in total. The molecule has 0 aliphatic rings. The summed E-state index contributed by atoms with van der Waals surface area (Å²) in [4.78, 5) is 12.3. The van der Waals surface area contributed by atoms with E-state index in [-0.39, 0.29) is 0 Å². The highest BCUT2D eigenvalue weighted by Crippen LogP contribution is 2.25. The van der Waals surface area contributed by atoms with Crippen molar-refractivity contribution in [1.82, 2.24) is 0 Å². The number of unbranched alkanes of at least 4 members (excludes halogenated alkanes) is 25. The Labute approximate surface area is 287 Å². The molecular weight excluding hydrogens is 544 g/mol. The quantitative estimate of drug-likeness (QED) is 0.0616. The molecule has 0 heterocycles. The highest BCUT2D eigenvalue weighted by atomic mass is 16.1. The van der Waals surface area contributed by atoms with Crippen LogP contribution in [0, 0.1) is 11.8 Å². The fraction of sp³-hybridized carbons (Fsp3) is 0.977. The molecule has 0 fully saturated rings. The first kappa shape index (κ1) is 44.7. The van der Waals surface area contributed by atoms with Crippen molar-refractivity contribution in [3.05, 3.63) is 0 Å². The van der Waals surface area contributed by atoms with Crippen LogP contribution in [0.1, 0.15) is 265 Å². The summed E-state index contributed by atoms with van der Waals surface area (Å²) < 4.78 is 0.